The van der Waals surface area contributed by atoms with Crippen molar-refractivity contribution in [1.82, 2.24) is 4.98 Å². The van der Waals surface area contributed by atoms with Gasteiger partial charge in [-0.1, -0.05) is 91.5 Å². The second-order valence-electron chi connectivity index (χ2n) is 14.6. The van der Waals surface area contributed by atoms with Gasteiger partial charge in [-0.15, -0.1) is 29.1 Å². The first-order valence-electron chi connectivity index (χ1n) is 17.9. The van der Waals surface area contributed by atoms with Crippen molar-refractivity contribution in [3.05, 3.63) is 103 Å². The van der Waals surface area contributed by atoms with Gasteiger partial charge in [0, 0.05) is 56.6 Å². The number of aliphatic hydroxyl groups excluding tert-OH is 1. The molecule has 0 spiro atoms. The largest absolute Gasteiger partial charge is 0.512 e. The van der Waals surface area contributed by atoms with Gasteiger partial charge in [-0.3, -0.25) is 9.78 Å². The predicted molar refractivity (Wildman–Crippen MR) is 203 cm³/mol. The van der Waals surface area contributed by atoms with Crippen LogP contribution in [0, 0.1) is 30.9 Å². The van der Waals surface area contributed by atoms with Crippen LogP contribution in [0.1, 0.15) is 99.1 Å². The molecule has 269 valence electrons. The number of fused-ring (bicyclic) bond motifs is 2. The van der Waals surface area contributed by atoms with Crippen molar-refractivity contribution < 1.29 is 39.0 Å². The van der Waals surface area contributed by atoms with E-state index in [1.807, 2.05) is 44.7 Å². The van der Waals surface area contributed by atoms with Crippen molar-refractivity contribution >= 4 is 27.5 Å². The molecule has 5 nitrogen and oxygen atoms in total. The number of carbonyl (C=O) groups excluding carboxylic acids is 1. The number of furan rings is 1. The molecular formula is C44H55IrN2O3-. The minimum absolute atomic E-state index is 0. The van der Waals surface area contributed by atoms with Crippen molar-refractivity contribution in [2.24, 2.45) is 17.8 Å². The molecule has 3 aromatic heterocycles. The van der Waals surface area contributed by atoms with Gasteiger partial charge in [0.2, 0.25) is 0 Å². The van der Waals surface area contributed by atoms with E-state index in [4.69, 9.17) is 9.40 Å². The minimum atomic E-state index is 0. The maximum absolute atomic E-state index is 11.7. The second-order valence-corrected chi connectivity index (χ2v) is 14.6. The van der Waals surface area contributed by atoms with Crippen molar-refractivity contribution in [1.29, 1.82) is 0 Å². The molecule has 0 fully saturated rings. The van der Waals surface area contributed by atoms with Crippen molar-refractivity contribution in [2.75, 3.05) is 0 Å². The van der Waals surface area contributed by atoms with E-state index >= 15 is 0 Å². The summed E-state index contributed by atoms with van der Waals surface area (Å²) in [6, 6.07) is 20.6. The fourth-order valence-electron chi connectivity index (χ4n) is 6.50. The maximum Gasteiger partial charge on any atom is 0.162 e. The number of aliphatic hydroxyl groups is 1. The first kappa shape index (κ1) is 40.7. The summed E-state index contributed by atoms with van der Waals surface area (Å²) in [5.74, 6) is 1.10. The molecule has 0 unspecified atom stereocenters. The SMILES string of the molecule is CCC(CC)C(=O)/C=C(\O)C(CC)CC.[CH2-][n+]1ccc(-c2ncc(CC(C)C)c3ccoc23)cc1-c1[c-]c2ccccc2c(C(C)(C)C)c1.[Ir]. The van der Waals surface area contributed by atoms with Crippen molar-refractivity contribution in [2.45, 2.75) is 99.8 Å². The van der Waals surface area contributed by atoms with Crippen LogP contribution >= 0.6 is 0 Å². The van der Waals surface area contributed by atoms with Gasteiger partial charge in [0.1, 0.15) is 11.4 Å². The quantitative estimate of drug-likeness (QED) is 0.0622. The van der Waals surface area contributed by atoms with E-state index in [0.29, 0.717) is 5.92 Å². The zero-order valence-corrected chi connectivity index (χ0v) is 33.8. The Morgan fingerprint density at radius 3 is 2.26 bits per heavy atom. The summed E-state index contributed by atoms with van der Waals surface area (Å²) in [7, 11) is 4.26. The molecule has 1 radical (unpaired) electrons. The Morgan fingerprint density at radius 1 is 0.980 bits per heavy atom. The smallest absolute Gasteiger partial charge is 0.162 e. The van der Waals surface area contributed by atoms with E-state index in [0.717, 1.165) is 71.0 Å². The molecular weight excluding hydrogens is 797 g/mol. The van der Waals surface area contributed by atoms with Crippen molar-refractivity contribution in [3.63, 3.8) is 0 Å². The van der Waals surface area contributed by atoms with Crippen LogP contribution in [0.2, 0.25) is 0 Å². The van der Waals surface area contributed by atoms with Crippen LogP contribution in [-0.4, -0.2) is 15.9 Å². The fourth-order valence-corrected chi connectivity index (χ4v) is 6.50. The molecule has 0 atom stereocenters. The molecule has 0 amide bonds. The van der Waals surface area contributed by atoms with Crippen LogP contribution in [0.15, 0.2) is 83.4 Å². The number of aromatic nitrogens is 2. The summed E-state index contributed by atoms with van der Waals surface area (Å²) >= 11 is 0. The second kappa shape index (κ2) is 18.0. The molecule has 2 aromatic carbocycles. The van der Waals surface area contributed by atoms with E-state index in [2.05, 4.69) is 96.3 Å². The first-order valence-corrected chi connectivity index (χ1v) is 17.9. The van der Waals surface area contributed by atoms with Gasteiger partial charge >= 0.3 is 0 Å². The number of allylic oxidation sites excluding steroid dienone is 2. The third-order valence-corrected chi connectivity index (χ3v) is 9.45. The summed E-state index contributed by atoms with van der Waals surface area (Å²) < 4.78 is 7.84. The summed E-state index contributed by atoms with van der Waals surface area (Å²) in [6.45, 7) is 19.3. The number of rotatable bonds is 11. The number of hydrogen-bond donors (Lipinski definition) is 1. The van der Waals surface area contributed by atoms with Crippen LogP contribution in [0.4, 0.5) is 0 Å². The molecule has 0 aliphatic rings. The number of benzene rings is 2. The van der Waals surface area contributed by atoms with Crippen LogP contribution in [0.25, 0.3) is 44.3 Å². The van der Waals surface area contributed by atoms with Gasteiger partial charge in [0.05, 0.1) is 18.2 Å². The number of ketones is 1. The van der Waals surface area contributed by atoms with Crippen LogP contribution in [0.3, 0.4) is 0 Å². The molecule has 50 heavy (non-hydrogen) atoms. The first-order chi connectivity index (χ1) is 23.3. The normalized spacial score (nSPS) is 12.0. The molecule has 0 aliphatic heterocycles. The fraction of sp³-hybridized carbons (Fsp3) is 0.409. The van der Waals surface area contributed by atoms with Crippen molar-refractivity contribution in [3.8, 4) is 22.5 Å². The molecule has 0 bridgehead atoms. The average molecular weight is 852 g/mol. The molecule has 6 heteroatoms. The zero-order valence-electron chi connectivity index (χ0n) is 31.4. The zero-order chi connectivity index (χ0) is 35.9. The Morgan fingerprint density at radius 2 is 1.64 bits per heavy atom. The Labute approximate surface area is 313 Å². The number of nitrogens with zero attached hydrogens (tertiary/aromatic N) is 2. The standard InChI is InChI=1S/C31H31N2O.C13H24O2.Ir/c1-20(2)15-24-19-32-29(30-26(24)12-14-34-30)22-11-13-33(6)28(18-22)23-16-21-9-7-8-10-25(21)27(17-23)31(3,4)5;1-5-10(6-2)12(14)9-13(15)11(7-3)8-4;/h7-14,17-20H,6,15H2,1-5H3;9-11,14H,5-8H2,1-4H3;/q-1;;/b;12-9-;. The molecule has 5 rings (SSSR count). The Kier molecular flexibility index (Phi) is 14.6. The topological polar surface area (TPSA) is 67.2 Å². The summed E-state index contributed by atoms with van der Waals surface area (Å²) in [4.78, 5) is 16.6. The molecule has 5 aromatic rings. The monoisotopic (exact) mass is 852 g/mol. The summed E-state index contributed by atoms with van der Waals surface area (Å²) in [5, 5.41) is 13.2. The third-order valence-electron chi connectivity index (χ3n) is 9.45. The summed E-state index contributed by atoms with van der Waals surface area (Å²) in [6.07, 6.45) is 11.6. The van der Waals surface area contributed by atoms with E-state index < -0.39 is 0 Å². The average Bonchev–Trinajstić information content (AvgIpc) is 3.56. The molecule has 0 saturated heterocycles. The van der Waals surface area contributed by atoms with Crippen LogP contribution in [0.5, 0.6) is 0 Å². The van der Waals surface area contributed by atoms with Gasteiger partial charge in [-0.05, 0) is 72.8 Å². The third kappa shape index (κ3) is 9.53. The predicted octanol–water partition coefficient (Wildman–Crippen LogP) is 11.4. The maximum atomic E-state index is 11.7. The molecule has 1 N–H and O–H groups in total. The molecule has 0 aliphatic carbocycles. The van der Waals surface area contributed by atoms with E-state index in [-0.39, 0.29) is 48.9 Å². The van der Waals surface area contributed by atoms with Crippen LogP contribution in [-0.2, 0) is 36.7 Å². The number of carbonyl (C=O) groups is 1. The van der Waals surface area contributed by atoms with Crippen LogP contribution < -0.4 is 4.57 Å². The Hall–Kier alpha value is -3.73. The number of hydrogen-bond acceptors (Lipinski definition) is 4. The molecule has 3 heterocycles. The van der Waals surface area contributed by atoms with Gasteiger partial charge in [0.25, 0.3) is 0 Å². The Balaban J connectivity index is 0.000000361. The van der Waals surface area contributed by atoms with E-state index in [1.54, 1.807) is 6.26 Å². The van der Waals surface area contributed by atoms with Gasteiger partial charge in [0.15, 0.2) is 11.4 Å². The van der Waals surface area contributed by atoms with Gasteiger partial charge in [-0.25, -0.2) is 0 Å². The summed E-state index contributed by atoms with van der Waals surface area (Å²) in [5.41, 5.74) is 7.23. The van der Waals surface area contributed by atoms with Gasteiger partial charge in [-0.2, -0.15) is 0 Å². The Bertz CT molecular complexity index is 1910. The minimum Gasteiger partial charge on any atom is -0.512 e. The van der Waals surface area contributed by atoms with Gasteiger partial charge < -0.3 is 14.1 Å². The van der Waals surface area contributed by atoms with E-state index in [9.17, 15) is 9.90 Å². The number of pyridine rings is 2. The molecule has 0 saturated carbocycles. The van der Waals surface area contributed by atoms with E-state index in [1.165, 1.54) is 22.6 Å².